The van der Waals surface area contributed by atoms with Crippen molar-refractivity contribution < 1.29 is 22.7 Å². The Morgan fingerprint density at radius 1 is 0.930 bits per heavy atom. The van der Waals surface area contributed by atoms with Crippen molar-refractivity contribution in [2.45, 2.75) is 30.9 Å². The third-order valence-electron chi connectivity index (χ3n) is 7.20. The van der Waals surface area contributed by atoms with Crippen molar-refractivity contribution in [3.8, 4) is 5.75 Å². The lowest BCUT2D eigenvalue weighted by Crippen LogP contribution is -2.53. The van der Waals surface area contributed by atoms with E-state index < -0.39 is 28.6 Å². The number of carbonyl (C=O) groups excluding carboxylic acids is 2. The molecule has 222 valence electrons. The Bertz CT molecular complexity index is 1700. The molecule has 0 fully saturated rings. The number of amides is 2. The summed E-state index contributed by atoms with van der Waals surface area (Å²) in [4.78, 5) is 28.6. The lowest BCUT2D eigenvalue weighted by atomic mass is 10.1. The molecule has 43 heavy (non-hydrogen) atoms. The van der Waals surface area contributed by atoms with Gasteiger partial charge in [0.15, 0.2) is 6.10 Å². The number of aryl methyl sites for hydroxylation is 1. The molecule has 1 atom stereocenters. The molecule has 0 bridgehead atoms. The number of fused-ring (bicyclic) bond motifs is 1. The second-order valence-electron chi connectivity index (χ2n) is 10.3. The molecule has 1 N–H and O–H groups in total. The summed E-state index contributed by atoms with van der Waals surface area (Å²) in [6.45, 7) is 1.61. The highest BCUT2D eigenvalue weighted by atomic mass is 35.5. The number of halogens is 1. The van der Waals surface area contributed by atoms with Gasteiger partial charge >= 0.3 is 0 Å². The summed E-state index contributed by atoms with van der Waals surface area (Å²) in [6.07, 6.45) is -0.327. The number of para-hydroxylation sites is 2. The molecule has 0 radical (unpaired) electrons. The van der Waals surface area contributed by atoms with Crippen LogP contribution < -0.4 is 15.0 Å². The average molecular weight is 618 g/mol. The maximum absolute atomic E-state index is 13.9. The zero-order chi connectivity index (χ0) is 30.4. The highest BCUT2D eigenvalue weighted by molar-refractivity contribution is 7.89. The number of rotatable bonds is 10. The van der Waals surface area contributed by atoms with Gasteiger partial charge in [-0.25, -0.2) is 8.42 Å². The van der Waals surface area contributed by atoms with Gasteiger partial charge in [0.1, 0.15) is 5.75 Å². The van der Waals surface area contributed by atoms with Crippen LogP contribution >= 0.6 is 11.6 Å². The zero-order valence-electron chi connectivity index (χ0n) is 23.6. The molecule has 0 saturated heterocycles. The number of anilines is 1. The van der Waals surface area contributed by atoms with Crippen molar-refractivity contribution in [1.82, 2.24) is 9.62 Å². The lowest BCUT2D eigenvalue weighted by Gasteiger charge is -2.35. The molecule has 1 aliphatic rings. The lowest BCUT2D eigenvalue weighted by molar-refractivity contribution is -0.128. The molecule has 5 rings (SSSR count). The molecule has 0 saturated carbocycles. The fourth-order valence-electron chi connectivity index (χ4n) is 4.83. The van der Waals surface area contributed by atoms with E-state index in [-0.39, 0.29) is 23.9 Å². The standard InChI is InChI=1S/C33H32ClN3O5S/c1-24-15-17-27(18-16-24)43(40,41)36(21-26-11-5-6-12-28(26)34)23-32(38)37-22-31(42-30-14-8-7-13-29(30)37)33(39)35-20-19-25-9-3-2-4-10-25/h2-18,31H,19-23H2,1H3,(H,35,39)/t31-/m0/s1. The number of ether oxygens (including phenoxy) is 1. The van der Waals surface area contributed by atoms with Gasteiger partial charge in [-0.15, -0.1) is 0 Å². The first-order chi connectivity index (χ1) is 20.7. The number of nitrogens with zero attached hydrogens (tertiary/aromatic N) is 2. The fraction of sp³-hybridized carbons (Fsp3) is 0.212. The Kier molecular flexibility index (Phi) is 9.45. The summed E-state index contributed by atoms with van der Waals surface area (Å²) in [7, 11) is -4.10. The maximum atomic E-state index is 13.9. The van der Waals surface area contributed by atoms with Crippen molar-refractivity contribution in [2.75, 3.05) is 24.5 Å². The number of sulfonamides is 1. The Balaban J connectivity index is 1.38. The van der Waals surface area contributed by atoms with Gasteiger partial charge in [-0.05, 0) is 54.8 Å². The number of hydrogen-bond donors (Lipinski definition) is 1. The van der Waals surface area contributed by atoms with Crippen LogP contribution in [0.5, 0.6) is 5.75 Å². The van der Waals surface area contributed by atoms with Crippen LogP contribution in [0.3, 0.4) is 0 Å². The van der Waals surface area contributed by atoms with Crippen molar-refractivity contribution in [3.05, 3.63) is 125 Å². The van der Waals surface area contributed by atoms with Gasteiger partial charge < -0.3 is 15.0 Å². The molecule has 1 heterocycles. The first kappa shape index (κ1) is 30.3. The molecule has 0 aromatic heterocycles. The van der Waals surface area contributed by atoms with Crippen LogP contribution in [0, 0.1) is 6.92 Å². The first-order valence-electron chi connectivity index (χ1n) is 13.9. The molecule has 4 aromatic rings. The number of hydrogen-bond acceptors (Lipinski definition) is 5. The predicted molar refractivity (Wildman–Crippen MR) is 167 cm³/mol. The van der Waals surface area contributed by atoms with Gasteiger partial charge in [-0.3, -0.25) is 9.59 Å². The minimum absolute atomic E-state index is 0.0657. The topological polar surface area (TPSA) is 96.0 Å². The van der Waals surface area contributed by atoms with E-state index in [9.17, 15) is 18.0 Å². The van der Waals surface area contributed by atoms with Gasteiger partial charge in [0.25, 0.3) is 5.91 Å². The Labute approximate surface area is 256 Å². The summed E-state index contributed by atoms with van der Waals surface area (Å²) in [6, 6.07) is 30.1. The van der Waals surface area contributed by atoms with Gasteiger partial charge in [0.05, 0.1) is 23.7 Å². The average Bonchev–Trinajstić information content (AvgIpc) is 3.01. The van der Waals surface area contributed by atoms with Gasteiger partial charge in [0.2, 0.25) is 15.9 Å². The minimum Gasteiger partial charge on any atom is -0.477 e. The number of carbonyl (C=O) groups is 2. The van der Waals surface area contributed by atoms with E-state index in [0.717, 1.165) is 15.4 Å². The molecule has 4 aromatic carbocycles. The summed E-state index contributed by atoms with van der Waals surface area (Å²) in [5.74, 6) is -0.492. The fourth-order valence-corrected chi connectivity index (χ4v) is 6.40. The first-order valence-corrected chi connectivity index (χ1v) is 15.7. The van der Waals surface area contributed by atoms with Crippen molar-refractivity contribution >= 4 is 39.1 Å². The molecule has 8 nitrogen and oxygen atoms in total. The van der Waals surface area contributed by atoms with E-state index in [1.807, 2.05) is 37.3 Å². The third kappa shape index (κ3) is 7.25. The molecule has 10 heteroatoms. The highest BCUT2D eigenvalue weighted by Crippen LogP contribution is 2.34. The summed E-state index contributed by atoms with van der Waals surface area (Å²) < 4.78 is 34.8. The highest BCUT2D eigenvalue weighted by Gasteiger charge is 2.36. The summed E-state index contributed by atoms with van der Waals surface area (Å²) in [5.41, 5.74) is 3.02. The van der Waals surface area contributed by atoms with E-state index in [1.165, 1.54) is 17.0 Å². The smallest absolute Gasteiger partial charge is 0.262 e. The van der Waals surface area contributed by atoms with Crippen LogP contribution in [-0.2, 0) is 32.6 Å². The van der Waals surface area contributed by atoms with E-state index in [0.29, 0.717) is 35.0 Å². The normalized spacial score (nSPS) is 14.6. The minimum atomic E-state index is -4.10. The SMILES string of the molecule is Cc1ccc(S(=O)(=O)N(CC(=O)N2C[C@@H](C(=O)NCCc3ccccc3)Oc3ccccc32)Cc2ccccc2Cl)cc1. The Hall–Kier alpha value is -4.18. The van der Waals surface area contributed by atoms with E-state index in [2.05, 4.69) is 5.32 Å². The second-order valence-corrected chi connectivity index (χ2v) is 12.6. The van der Waals surface area contributed by atoms with Crippen molar-refractivity contribution in [3.63, 3.8) is 0 Å². The molecular weight excluding hydrogens is 586 g/mol. The number of nitrogens with one attached hydrogen (secondary N) is 1. The van der Waals surface area contributed by atoms with Crippen LogP contribution in [0.15, 0.2) is 108 Å². The molecule has 0 spiro atoms. The third-order valence-corrected chi connectivity index (χ3v) is 9.37. The monoisotopic (exact) mass is 617 g/mol. The number of benzene rings is 4. The quantitative estimate of drug-likeness (QED) is 0.270. The van der Waals surface area contributed by atoms with Crippen LogP contribution in [-0.4, -0.2) is 50.3 Å². The van der Waals surface area contributed by atoms with Crippen LogP contribution in [0.2, 0.25) is 5.02 Å². The zero-order valence-corrected chi connectivity index (χ0v) is 25.2. The van der Waals surface area contributed by atoms with Crippen LogP contribution in [0.25, 0.3) is 0 Å². The molecule has 2 amide bonds. The predicted octanol–water partition coefficient (Wildman–Crippen LogP) is 4.99. The molecule has 0 unspecified atom stereocenters. The summed E-state index contributed by atoms with van der Waals surface area (Å²) in [5, 5.41) is 3.29. The second kappa shape index (κ2) is 13.4. The van der Waals surface area contributed by atoms with Gasteiger partial charge in [-0.1, -0.05) is 90.0 Å². The van der Waals surface area contributed by atoms with Crippen molar-refractivity contribution in [2.24, 2.45) is 0 Å². The molecular formula is C33H32ClN3O5S. The van der Waals surface area contributed by atoms with E-state index in [4.69, 9.17) is 16.3 Å². The van der Waals surface area contributed by atoms with Crippen molar-refractivity contribution in [1.29, 1.82) is 0 Å². The molecule has 1 aliphatic heterocycles. The summed E-state index contributed by atoms with van der Waals surface area (Å²) >= 11 is 6.39. The van der Waals surface area contributed by atoms with Crippen LogP contribution in [0.1, 0.15) is 16.7 Å². The van der Waals surface area contributed by atoms with Gasteiger partial charge in [-0.2, -0.15) is 4.31 Å². The van der Waals surface area contributed by atoms with Gasteiger partial charge in [0, 0.05) is 18.1 Å². The Morgan fingerprint density at radius 3 is 2.35 bits per heavy atom. The van der Waals surface area contributed by atoms with E-state index in [1.54, 1.807) is 60.7 Å². The van der Waals surface area contributed by atoms with E-state index >= 15 is 0 Å². The molecule has 0 aliphatic carbocycles. The largest absolute Gasteiger partial charge is 0.477 e. The Morgan fingerprint density at radius 2 is 1.60 bits per heavy atom. The van der Waals surface area contributed by atoms with Crippen LogP contribution in [0.4, 0.5) is 5.69 Å². The maximum Gasteiger partial charge on any atom is 0.262 e.